The van der Waals surface area contributed by atoms with E-state index in [1.165, 1.54) is 6.20 Å². The van der Waals surface area contributed by atoms with E-state index in [4.69, 9.17) is 11.6 Å². The zero-order valence-electron chi connectivity index (χ0n) is 7.87. The third-order valence-electron chi connectivity index (χ3n) is 1.80. The van der Waals surface area contributed by atoms with Gasteiger partial charge in [0.25, 0.3) is 5.91 Å². The number of anilines is 1. The van der Waals surface area contributed by atoms with Gasteiger partial charge < -0.3 is 5.32 Å². The number of H-pyrrole nitrogens is 1. The maximum Gasteiger partial charge on any atom is 0.260 e. The van der Waals surface area contributed by atoms with Crippen molar-refractivity contribution in [2.75, 3.05) is 5.32 Å². The van der Waals surface area contributed by atoms with E-state index in [0.29, 0.717) is 5.82 Å². The number of nitrogens with zero attached hydrogens (tertiary/aromatic N) is 2. The zero-order valence-corrected chi connectivity index (χ0v) is 8.62. The van der Waals surface area contributed by atoms with Gasteiger partial charge in [0.1, 0.15) is 16.8 Å². The molecule has 7 heteroatoms. The number of pyridine rings is 1. The molecule has 16 heavy (non-hydrogen) atoms. The highest BCUT2D eigenvalue weighted by molar-refractivity contribution is 6.33. The Hall–Kier alpha value is -1.95. The third-order valence-corrected chi connectivity index (χ3v) is 2.10. The molecule has 2 aromatic rings. The van der Waals surface area contributed by atoms with E-state index in [1.807, 2.05) is 0 Å². The molecule has 0 spiro atoms. The molecule has 0 radical (unpaired) electrons. The average Bonchev–Trinajstić information content (AvgIpc) is 2.74. The van der Waals surface area contributed by atoms with Gasteiger partial charge in [-0.15, -0.1) is 0 Å². The fourth-order valence-corrected chi connectivity index (χ4v) is 1.29. The first-order valence-corrected chi connectivity index (χ1v) is 4.66. The molecule has 0 saturated carbocycles. The normalized spacial score (nSPS) is 10.1. The summed E-state index contributed by atoms with van der Waals surface area (Å²) in [5.74, 6) is -0.786. The van der Waals surface area contributed by atoms with Crippen LogP contribution in [0.3, 0.4) is 0 Å². The van der Waals surface area contributed by atoms with Crippen molar-refractivity contribution in [3.05, 3.63) is 41.1 Å². The Bertz CT molecular complexity index is 514. The summed E-state index contributed by atoms with van der Waals surface area (Å²) in [6.07, 6.45) is 2.41. The summed E-state index contributed by atoms with van der Waals surface area (Å²) in [5, 5.41) is 8.58. The highest BCUT2D eigenvalue weighted by Gasteiger charge is 2.13. The highest BCUT2D eigenvalue weighted by Crippen LogP contribution is 2.15. The summed E-state index contributed by atoms with van der Waals surface area (Å²) in [5.41, 5.74) is -0.0312. The van der Waals surface area contributed by atoms with Crippen molar-refractivity contribution in [2.24, 2.45) is 0 Å². The van der Waals surface area contributed by atoms with Gasteiger partial charge in [-0.05, 0) is 6.07 Å². The molecule has 0 saturated heterocycles. The number of amides is 1. The molecule has 0 aromatic carbocycles. The van der Waals surface area contributed by atoms with Crippen LogP contribution in [0, 0.1) is 5.82 Å². The van der Waals surface area contributed by atoms with Gasteiger partial charge >= 0.3 is 0 Å². The minimum absolute atomic E-state index is 0.0312. The number of carbonyl (C=O) groups excluding carboxylic acids is 1. The van der Waals surface area contributed by atoms with E-state index in [0.717, 1.165) is 12.3 Å². The molecular weight excluding hydrogens is 235 g/mol. The van der Waals surface area contributed by atoms with Crippen LogP contribution in [0.1, 0.15) is 10.4 Å². The summed E-state index contributed by atoms with van der Waals surface area (Å²) in [6, 6.07) is 2.57. The Labute approximate surface area is 94.7 Å². The minimum Gasteiger partial charge on any atom is -0.307 e. The molecule has 0 aliphatic rings. The van der Waals surface area contributed by atoms with Crippen LogP contribution in [0.2, 0.25) is 5.15 Å². The number of halogens is 2. The standard InChI is InChI=1S/C9H6ClFN4O/c10-8-6(3-5(11)4-12-8)9(16)14-7-1-2-13-15-7/h1-4H,(H2,13,14,15,16). The van der Waals surface area contributed by atoms with Gasteiger partial charge in [0.15, 0.2) is 0 Å². The first-order valence-electron chi connectivity index (χ1n) is 4.28. The molecule has 1 amide bonds. The first kappa shape index (κ1) is 10.6. The monoisotopic (exact) mass is 240 g/mol. The van der Waals surface area contributed by atoms with Gasteiger partial charge in [0.2, 0.25) is 0 Å². The topological polar surface area (TPSA) is 70.7 Å². The molecule has 2 N–H and O–H groups in total. The fourth-order valence-electron chi connectivity index (χ4n) is 1.10. The van der Waals surface area contributed by atoms with Crippen LogP contribution in [-0.4, -0.2) is 21.1 Å². The zero-order chi connectivity index (χ0) is 11.5. The van der Waals surface area contributed by atoms with Crippen molar-refractivity contribution < 1.29 is 9.18 Å². The van der Waals surface area contributed by atoms with Crippen molar-refractivity contribution in [3.63, 3.8) is 0 Å². The molecule has 0 aliphatic carbocycles. The molecule has 2 rings (SSSR count). The van der Waals surface area contributed by atoms with E-state index < -0.39 is 11.7 Å². The van der Waals surface area contributed by atoms with Gasteiger partial charge in [-0.3, -0.25) is 9.89 Å². The summed E-state index contributed by atoms with van der Waals surface area (Å²) >= 11 is 5.67. The number of carbonyl (C=O) groups is 1. The van der Waals surface area contributed by atoms with E-state index in [2.05, 4.69) is 20.5 Å². The van der Waals surface area contributed by atoms with Crippen molar-refractivity contribution >= 4 is 23.3 Å². The molecule has 2 heterocycles. The molecule has 0 atom stereocenters. The van der Waals surface area contributed by atoms with Crippen LogP contribution in [0.5, 0.6) is 0 Å². The van der Waals surface area contributed by atoms with Crippen LogP contribution < -0.4 is 5.32 Å². The lowest BCUT2D eigenvalue weighted by Gasteiger charge is -2.03. The van der Waals surface area contributed by atoms with Gasteiger partial charge in [0, 0.05) is 6.07 Å². The number of aromatic amines is 1. The number of aromatic nitrogens is 3. The van der Waals surface area contributed by atoms with Crippen LogP contribution in [-0.2, 0) is 0 Å². The lowest BCUT2D eigenvalue weighted by molar-refractivity contribution is 0.102. The second-order valence-electron chi connectivity index (χ2n) is 2.92. The maximum absolute atomic E-state index is 12.9. The van der Waals surface area contributed by atoms with Crippen molar-refractivity contribution in [1.29, 1.82) is 0 Å². The number of hydrogen-bond donors (Lipinski definition) is 2. The van der Waals surface area contributed by atoms with Crippen molar-refractivity contribution in [3.8, 4) is 0 Å². The molecular formula is C9H6ClFN4O. The Morgan fingerprint density at radius 2 is 2.38 bits per heavy atom. The Kier molecular flexibility index (Phi) is 2.82. The average molecular weight is 241 g/mol. The lowest BCUT2D eigenvalue weighted by atomic mass is 10.2. The smallest absolute Gasteiger partial charge is 0.260 e. The molecule has 0 unspecified atom stereocenters. The molecule has 5 nitrogen and oxygen atoms in total. The van der Waals surface area contributed by atoms with E-state index in [9.17, 15) is 9.18 Å². The summed E-state index contributed by atoms with van der Waals surface area (Å²) in [7, 11) is 0. The second-order valence-corrected chi connectivity index (χ2v) is 3.27. The Morgan fingerprint density at radius 1 is 1.56 bits per heavy atom. The maximum atomic E-state index is 12.9. The highest BCUT2D eigenvalue weighted by atomic mass is 35.5. The van der Waals surface area contributed by atoms with E-state index in [1.54, 1.807) is 6.07 Å². The lowest BCUT2D eigenvalue weighted by Crippen LogP contribution is -2.13. The van der Waals surface area contributed by atoms with Crippen LogP contribution >= 0.6 is 11.6 Å². The quantitative estimate of drug-likeness (QED) is 0.787. The molecule has 82 valence electrons. The molecule has 0 aliphatic heterocycles. The number of nitrogens with one attached hydrogen (secondary N) is 2. The SMILES string of the molecule is O=C(Nc1ccn[nH]1)c1cc(F)cnc1Cl. The van der Waals surface area contributed by atoms with Crippen LogP contribution in [0.25, 0.3) is 0 Å². The minimum atomic E-state index is -0.626. The summed E-state index contributed by atoms with van der Waals surface area (Å²) in [4.78, 5) is 15.2. The summed E-state index contributed by atoms with van der Waals surface area (Å²) in [6.45, 7) is 0. The van der Waals surface area contributed by atoms with Gasteiger partial charge in [-0.25, -0.2) is 9.37 Å². The second kappa shape index (κ2) is 4.28. The summed E-state index contributed by atoms with van der Waals surface area (Å²) < 4.78 is 12.9. The van der Waals surface area contributed by atoms with Crippen molar-refractivity contribution in [2.45, 2.75) is 0 Å². The Morgan fingerprint density at radius 3 is 3.06 bits per heavy atom. The third kappa shape index (κ3) is 2.17. The van der Waals surface area contributed by atoms with Gasteiger partial charge in [-0.1, -0.05) is 11.6 Å². The predicted octanol–water partition coefficient (Wildman–Crippen LogP) is 1.85. The Balaban J connectivity index is 2.24. The van der Waals surface area contributed by atoms with E-state index >= 15 is 0 Å². The van der Waals surface area contributed by atoms with Crippen molar-refractivity contribution in [1.82, 2.24) is 15.2 Å². The molecule has 0 bridgehead atoms. The number of hydrogen-bond acceptors (Lipinski definition) is 3. The molecule has 0 fully saturated rings. The van der Waals surface area contributed by atoms with Crippen LogP contribution in [0.15, 0.2) is 24.5 Å². The first-order chi connectivity index (χ1) is 7.66. The fraction of sp³-hybridized carbons (Fsp3) is 0. The van der Waals surface area contributed by atoms with Crippen LogP contribution in [0.4, 0.5) is 10.2 Å². The largest absolute Gasteiger partial charge is 0.307 e. The number of rotatable bonds is 2. The van der Waals surface area contributed by atoms with Gasteiger partial charge in [0.05, 0.1) is 18.0 Å². The predicted molar refractivity (Wildman–Crippen MR) is 55.7 cm³/mol. The van der Waals surface area contributed by atoms with E-state index in [-0.39, 0.29) is 10.7 Å². The molecule has 2 aromatic heterocycles. The van der Waals surface area contributed by atoms with Gasteiger partial charge in [-0.2, -0.15) is 5.10 Å².